The molecule has 1 amide bonds. The Balaban J connectivity index is 2.16. The number of sulfonamides is 1. The number of hydrogen-bond acceptors (Lipinski definition) is 4. The van der Waals surface area contributed by atoms with Gasteiger partial charge in [-0.25, -0.2) is 12.7 Å². The Bertz CT molecular complexity index is 854. The topological polar surface area (TPSA) is 75.7 Å². The number of para-hydroxylation sites is 1. The van der Waals surface area contributed by atoms with E-state index in [1.165, 1.54) is 32.3 Å². The second kappa shape index (κ2) is 7.86. The van der Waals surface area contributed by atoms with Crippen LogP contribution >= 0.6 is 11.6 Å². The summed E-state index contributed by atoms with van der Waals surface area (Å²) >= 11 is 5.99. The third-order valence-electron chi connectivity index (χ3n) is 3.38. The van der Waals surface area contributed by atoms with Crippen molar-refractivity contribution in [2.75, 3.05) is 19.4 Å². The number of nitrogens with zero attached hydrogens (tertiary/aromatic N) is 1. The van der Waals surface area contributed by atoms with E-state index in [1.807, 2.05) is 6.07 Å². The van der Waals surface area contributed by atoms with Gasteiger partial charge in [0, 0.05) is 19.8 Å². The molecule has 2 aromatic carbocycles. The van der Waals surface area contributed by atoms with E-state index in [9.17, 15) is 13.2 Å². The zero-order chi connectivity index (χ0) is 18.6. The van der Waals surface area contributed by atoms with Gasteiger partial charge in [0.15, 0.2) is 6.10 Å². The minimum absolute atomic E-state index is 0.0754. The Morgan fingerprint density at radius 2 is 1.80 bits per heavy atom. The lowest BCUT2D eigenvalue weighted by atomic mass is 10.3. The van der Waals surface area contributed by atoms with Crippen LogP contribution in [0.25, 0.3) is 0 Å². The van der Waals surface area contributed by atoms with E-state index in [-0.39, 0.29) is 9.92 Å². The number of amides is 1. The summed E-state index contributed by atoms with van der Waals surface area (Å²) in [6.07, 6.45) is -0.757. The third kappa shape index (κ3) is 4.72. The van der Waals surface area contributed by atoms with E-state index in [1.54, 1.807) is 31.2 Å². The Kier molecular flexibility index (Phi) is 6.05. The Hall–Kier alpha value is -2.09. The lowest BCUT2D eigenvalue weighted by Crippen LogP contribution is -2.30. The molecule has 6 nitrogen and oxygen atoms in total. The maximum absolute atomic E-state index is 12.3. The van der Waals surface area contributed by atoms with Gasteiger partial charge in [0.05, 0.1) is 5.02 Å². The van der Waals surface area contributed by atoms with Crippen molar-refractivity contribution < 1.29 is 17.9 Å². The van der Waals surface area contributed by atoms with Crippen LogP contribution in [0.4, 0.5) is 5.69 Å². The van der Waals surface area contributed by atoms with Gasteiger partial charge in [-0.05, 0) is 37.3 Å². The fourth-order valence-corrected chi connectivity index (χ4v) is 3.37. The standard InChI is InChI=1S/C17H19ClN2O4S/c1-12(24-14-7-5-4-6-8-14)17(21)19-13-9-10-15(18)16(11-13)25(22,23)20(2)3/h4-12H,1-3H3,(H,19,21)/t12-/m1/s1. The van der Waals surface area contributed by atoms with Gasteiger partial charge in [-0.1, -0.05) is 29.8 Å². The molecular formula is C17H19ClN2O4S. The third-order valence-corrected chi connectivity index (χ3v) is 5.68. The monoisotopic (exact) mass is 382 g/mol. The van der Waals surface area contributed by atoms with Crippen molar-refractivity contribution in [3.05, 3.63) is 53.6 Å². The van der Waals surface area contributed by atoms with Crippen molar-refractivity contribution in [1.29, 1.82) is 0 Å². The Morgan fingerprint density at radius 1 is 1.16 bits per heavy atom. The molecular weight excluding hydrogens is 364 g/mol. The van der Waals surface area contributed by atoms with Crippen LogP contribution in [0.15, 0.2) is 53.4 Å². The summed E-state index contributed by atoms with van der Waals surface area (Å²) in [5.41, 5.74) is 0.318. The van der Waals surface area contributed by atoms with E-state index in [0.29, 0.717) is 11.4 Å². The molecule has 2 rings (SSSR count). The number of nitrogens with one attached hydrogen (secondary N) is 1. The van der Waals surface area contributed by atoms with E-state index >= 15 is 0 Å². The molecule has 0 saturated heterocycles. The highest BCUT2D eigenvalue weighted by atomic mass is 35.5. The Labute approximate surface area is 152 Å². The lowest BCUT2D eigenvalue weighted by Gasteiger charge is -2.16. The van der Waals surface area contributed by atoms with Gasteiger partial charge in [-0.3, -0.25) is 4.79 Å². The second-order valence-corrected chi connectivity index (χ2v) is 8.02. The summed E-state index contributed by atoms with van der Waals surface area (Å²) in [4.78, 5) is 12.2. The number of benzene rings is 2. The molecule has 0 aromatic heterocycles. The molecule has 0 heterocycles. The van der Waals surface area contributed by atoms with Crippen molar-refractivity contribution >= 4 is 33.2 Å². The van der Waals surface area contributed by atoms with Crippen LogP contribution < -0.4 is 10.1 Å². The predicted octanol–water partition coefficient (Wildman–Crippen LogP) is 3.00. The number of carbonyl (C=O) groups excluding carboxylic acids is 1. The molecule has 0 aliphatic heterocycles. The van der Waals surface area contributed by atoms with Gasteiger partial charge < -0.3 is 10.1 Å². The predicted molar refractivity (Wildman–Crippen MR) is 97.5 cm³/mol. The van der Waals surface area contributed by atoms with Crippen LogP contribution in [0.1, 0.15) is 6.92 Å². The van der Waals surface area contributed by atoms with Crippen molar-refractivity contribution in [2.24, 2.45) is 0 Å². The van der Waals surface area contributed by atoms with Crippen molar-refractivity contribution in [2.45, 2.75) is 17.9 Å². The molecule has 8 heteroatoms. The van der Waals surface area contributed by atoms with E-state index in [4.69, 9.17) is 16.3 Å². The van der Waals surface area contributed by atoms with Gasteiger partial charge in [0.2, 0.25) is 10.0 Å². The first-order valence-corrected chi connectivity index (χ1v) is 9.28. The van der Waals surface area contributed by atoms with Crippen LogP contribution in [-0.2, 0) is 14.8 Å². The van der Waals surface area contributed by atoms with Crippen LogP contribution in [0, 0.1) is 0 Å². The first-order chi connectivity index (χ1) is 11.7. The molecule has 0 fully saturated rings. The van der Waals surface area contributed by atoms with Crippen LogP contribution in [0.2, 0.25) is 5.02 Å². The number of hydrogen-bond donors (Lipinski definition) is 1. The molecule has 0 saturated carbocycles. The maximum atomic E-state index is 12.3. The molecule has 2 aromatic rings. The molecule has 0 aliphatic carbocycles. The van der Waals surface area contributed by atoms with Gasteiger partial charge in [0.1, 0.15) is 10.6 Å². The van der Waals surface area contributed by atoms with Gasteiger partial charge in [-0.15, -0.1) is 0 Å². The Morgan fingerprint density at radius 3 is 2.40 bits per heavy atom. The largest absolute Gasteiger partial charge is 0.481 e. The minimum atomic E-state index is -3.72. The zero-order valence-corrected chi connectivity index (χ0v) is 15.6. The highest BCUT2D eigenvalue weighted by molar-refractivity contribution is 7.89. The molecule has 0 unspecified atom stereocenters. The number of ether oxygens (including phenoxy) is 1. The number of halogens is 1. The smallest absolute Gasteiger partial charge is 0.265 e. The quantitative estimate of drug-likeness (QED) is 0.833. The summed E-state index contributed by atoms with van der Waals surface area (Å²) in [6, 6.07) is 13.2. The average molecular weight is 383 g/mol. The van der Waals surface area contributed by atoms with E-state index in [2.05, 4.69) is 5.32 Å². The van der Waals surface area contributed by atoms with Crippen LogP contribution in [0.5, 0.6) is 5.75 Å². The second-order valence-electron chi connectivity index (χ2n) is 5.50. The summed E-state index contributed by atoms with van der Waals surface area (Å²) in [5.74, 6) is 0.163. The molecule has 0 aliphatic rings. The zero-order valence-electron chi connectivity index (χ0n) is 14.1. The van der Waals surface area contributed by atoms with Crippen molar-refractivity contribution in [3.63, 3.8) is 0 Å². The normalized spacial score (nSPS) is 12.7. The van der Waals surface area contributed by atoms with Gasteiger partial charge in [-0.2, -0.15) is 0 Å². The van der Waals surface area contributed by atoms with E-state index < -0.39 is 22.0 Å². The summed E-state index contributed by atoms with van der Waals surface area (Å²) < 4.78 is 31.1. The molecule has 0 bridgehead atoms. The van der Waals surface area contributed by atoms with Crippen molar-refractivity contribution in [1.82, 2.24) is 4.31 Å². The summed E-state index contributed by atoms with van der Waals surface area (Å²) in [5, 5.41) is 2.72. The number of anilines is 1. The summed E-state index contributed by atoms with van der Waals surface area (Å²) in [6.45, 7) is 1.61. The number of rotatable bonds is 6. The first-order valence-electron chi connectivity index (χ1n) is 7.46. The number of carbonyl (C=O) groups is 1. The summed E-state index contributed by atoms with van der Waals surface area (Å²) in [7, 11) is -0.897. The average Bonchev–Trinajstić information content (AvgIpc) is 2.57. The van der Waals surface area contributed by atoms with E-state index in [0.717, 1.165) is 4.31 Å². The first kappa shape index (κ1) is 19.2. The van der Waals surface area contributed by atoms with Crippen molar-refractivity contribution in [3.8, 4) is 5.75 Å². The lowest BCUT2D eigenvalue weighted by molar-refractivity contribution is -0.122. The maximum Gasteiger partial charge on any atom is 0.265 e. The fourth-order valence-electron chi connectivity index (χ4n) is 1.98. The SMILES string of the molecule is C[C@@H](Oc1ccccc1)C(=O)Nc1ccc(Cl)c(S(=O)(=O)N(C)C)c1. The molecule has 134 valence electrons. The molecule has 1 N–H and O–H groups in total. The van der Waals surface area contributed by atoms with Crippen LogP contribution in [-0.4, -0.2) is 38.8 Å². The highest BCUT2D eigenvalue weighted by Crippen LogP contribution is 2.27. The molecule has 1 atom stereocenters. The van der Waals surface area contributed by atoms with Gasteiger partial charge in [0.25, 0.3) is 5.91 Å². The van der Waals surface area contributed by atoms with Crippen LogP contribution in [0.3, 0.4) is 0 Å². The highest BCUT2D eigenvalue weighted by Gasteiger charge is 2.22. The van der Waals surface area contributed by atoms with Gasteiger partial charge >= 0.3 is 0 Å². The minimum Gasteiger partial charge on any atom is -0.481 e. The molecule has 25 heavy (non-hydrogen) atoms. The molecule has 0 spiro atoms. The molecule has 0 radical (unpaired) electrons. The fraction of sp³-hybridized carbons (Fsp3) is 0.235.